The summed E-state index contributed by atoms with van der Waals surface area (Å²) in [5.74, 6) is -0.492. The molecule has 0 saturated carbocycles. The number of halogens is 1. The van der Waals surface area contributed by atoms with Crippen LogP contribution in [0.4, 0.5) is 11.4 Å². The van der Waals surface area contributed by atoms with Crippen molar-refractivity contribution in [2.24, 2.45) is 0 Å². The highest BCUT2D eigenvalue weighted by Gasteiger charge is 2.28. The lowest BCUT2D eigenvalue weighted by atomic mass is 10.1. The number of nitriles is 1. The fraction of sp³-hybridized carbons (Fsp3) is 0.130. The van der Waals surface area contributed by atoms with Gasteiger partial charge in [0.05, 0.1) is 23.1 Å². The smallest absolute Gasteiger partial charge is 0.264 e. The minimum absolute atomic E-state index is 0.0359. The van der Waals surface area contributed by atoms with Crippen molar-refractivity contribution in [1.29, 1.82) is 5.26 Å². The van der Waals surface area contributed by atoms with E-state index < -0.39 is 22.5 Å². The largest absolute Gasteiger partial charge is 0.325 e. The van der Waals surface area contributed by atoms with Gasteiger partial charge in [0.1, 0.15) is 6.54 Å². The molecule has 0 spiro atoms. The number of carbonyl (C=O) groups excluding carboxylic acids is 1. The molecule has 0 aliphatic carbocycles. The molecule has 0 aliphatic heterocycles. The van der Waals surface area contributed by atoms with Gasteiger partial charge in [0, 0.05) is 10.7 Å². The van der Waals surface area contributed by atoms with Gasteiger partial charge in [0.15, 0.2) is 0 Å². The highest BCUT2D eigenvalue weighted by Crippen LogP contribution is 2.27. The molecule has 6 nitrogen and oxygen atoms in total. The maximum Gasteiger partial charge on any atom is 0.264 e. The molecular formula is C23H20ClN3O3S. The molecule has 158 valence electrons. The molecule has 0 heterocycles. The number of sulfonamides is 1. The van der Waals surface area contributed by atoms with Crippen molar-refractivity contribution in [1.82, 2.24) is 0 Å². The third kappa shape index (κ3) is 5.43. The van der Waals surface area contributed by atoms with Gasteiger partial charge in [0.2, 0.25) is 5.91 Å². The van der Waals surface area contributed by atoms with E-state index in [0.717, 1.165) is 9.87 Å². The number of hydrogen-bond acceptors (Lipinski definition) is 4. The lowest BCUT2D eigenvalue weighted by molar-refractivity contribution is -0.114. The molecule has 1 amide bonds. The Morgan fingerprint density at radius 1 is 1.03 bits per heavy atom. The summed E-state index contributed by atoms with van der Waals surface area (Å²) in [5.41, 5.74) is 2.47. The molecule has 0 aliphatic rings. The van der Waals surface area contributed by atoms with Gasteiger partial charge in [-0.25, -0.2) is 8.42 Å². The SMILES string of the molecule is Cc1ccccc1N(CC(=O)Nc1ccc(CC#N)cc1)S(=O)(=O)c1ccc(Cl)cc1. The molecule has 3 rings (SSSR count). The molecular weight excluding hydrogens is 434 g/mol. The van der Waals surface area contributed by atoms with E-state index in [4.69, 9.17) is 16.9 Å². The third-order valence-electron chi connectivity index (χ3n) is 4.59. The number of para-hydroxylation sites is 1. The van der Waals surface area contributed by atoms with Gasteiger partial charge in [-0.2, -0.15) is 5.26 Å². The van der Waals surface area contributed by atoms with Crippen molar-refractivity contribution in [3.8, 4) is 6.07 Å². The van der Waals surface area contributed by atoms with Crippen molar-refractivity contribution in [2.45, 2.75) is 18.2 Å². The number of nitrogens with one attached hydrogen (secondary N) is 1. The summed E-state index contributed by atoms with van der Waals surface area (Å²) in [6.45, 7) is 1.38. The third-order valence-corrected chi connectivity index (χ3v) is 6.62. The maximum atomic E-state index is 13.4. The quantitative estimate of drug-likeness (QED) is 0.568. The lowest BCUT2D eigenvalue weighted by Gasteiger charge is -2.25. The summed E-state index contributed by atoms with van der Waals surface area (Å²) in [6, 6.07) is 21.7. The van der Waals surface area contributed by atoms with Crippen LogP contribution >= 0.6 is 11.6 Å². The molecule has 0 radical (unpaired) electrons. The highest BCUT2D eigenvalue weighted by atomic mass is 35.5. The Morgan fingerprint density at radius 3 is 2.29 bits per heavy atom. The van der Waals surface area contributed by atoms with Gasteiger partial charge in [0.25, 0.3) is 10.0 Å². The summed E-state index contributed by atoms with van der Waals surface area (Å²) >= 11 is 5.90. The molecule has 3 aromatic carbocycles. The van der Waals surface area contributed by atoms with E-state index >= 15 is 0 Å². The van der Waals surface area contributed by atoms with E-state index in [-0.39, 0.29) is 11.3 Å². The average Bonchev–Trinajstić information content (AvgIpc) is 2.74. The Hall–Kier alpha value is -3.34. The zero-order valence-electron chi connectivity index (χ0n) is 16.7. The second-order valence-corrected chi connectivity index (χ2v) is 9.13. The molecule has 0 unspecified atom stereocenters. The van der Waals surface area contributed by atoms with Crippen LogP contribution in [0.15, 0.2) is 77.7 Å². The molecule has 0 saturated heterocycles. The lowest BCUT2D eigenvalue weighted by Crippen LogP contribution is -2.38. The van der Waals surface area contributed by atoms with Crippen LogP contribution in [0, 0.1) is 18.3 Å². The van der Waals surface area contributed by atoms with Crippen LogP contribution in [0.5, 0.6) is 0 Å². The number of benzene rings is 3. The van der Waals surface area contributed by atoms with Crippen molar-refractivity contribution in [2.75, 3.05) is 16.2 Å². The summed E-state index contributed by atoms with van der Waals surface area (Å²) in [7, 11) is -4.02. The number of carbonyl (C=O) groups is 1. The Morgan fingerprint density at radius 2 is 1.68 bits per heavy atom. The molecule has 3 aromatic rings. The van der Waals surface area contributed by atoms with E-state index in [1.54, 1.807) is 55.5 Å². The van der Waals surface area contributed by atoms with Gasteiger partial charge in [-0.05, 0) is 60.5 Å². The zero-order valence-corrected chi connectivity index (χ0v) is 18.3. The predicted octanol–water partition coefficient (Wildman–Crippen LogP) is 4.55. The maximum absolute atomic E-state index is 13.4. The van der Waals surface area contributed by atoms with Gasteiger partial charge >= 0.3 is 0 Å². The number of nitrogens with zero attached hydrogens (tertiary/aromatic N) is 2. The standard InChI is InChI=1S/C23H20ClN3O3S/c1-17-4-2-3-5-22(17)27(31(29,30)21-12-8-19(24)9-13-21)16-23(28)26-20-10-6-18(7-11-20)14-15-25/h2-13H,14,16H2,1H3,(H,26,28). The molecule has 0 atom stereocenters. The second-order valence-electron chi connectivity index (χ2n) is 6.83. The van der Waals surface area contributed by atoms with Crippen molar-refractivity contribution >= 4 is 38.9 Å². The van der Waals surface area contributed by atoms with E-state index in [1.807, 2.05) is 0 Å². The number of anilines is 2. The molecule has 0 fully saturated rings. The highest BCUT2D eigenvalue weighted by molar-refractivity contribution is 7.92. The number of rotatable bonds is 7. The molecule has 31 heavy (non-hydrogen) atoms. The first kappa shape index (κ1) is 22.3. The van der Waals surface area contributed by atoms with E-state index in [9.17, 15) is 13.2 Å². The normalized spacial score (nSPS) is 10.9. The Balaban J connectivity index is 1.90. The van der Waals surface area contributed by atoms with Crippen molar-refractivity contribution < 1.29 is 13.2 Å². The number of amides is 1. The zero-order chi connectivity index (χ0) is 22.4. The summed E-state index contributed by atoms with van der Waals surface area (Å²) in [4.78, 5) is 12.8. The summed E-state index contributed by atoms with van der Waals surface area (Å²) < 4.78 is 27.8. The number of aryl methyl sites for hydroxylation is 1. The van der Waals surface area contributed by atoms with E-state index in [1.165, 1.54) is 24.3 Å². The Labute approximate surface area is 186 Å². The van der Waals surface area contributed by atoms with Gasteiger partial charge in [-0.15, -0.1) is 0 Å². The van der Waals surface area contributed by atoms with Crippen LogP contribution < -0.4 is 9.62 Å². The average molecular weight is 454 g/mol. The first-order valence-electron chi connectivity index (χ1n) is 9.41. The topological polar surface area (TPSA) is 90.3 Å². The van der Waals surface area contributed by atoms with Crippen LogP contribution in [0.2, 0.25) is 5.02 Å². The minimum Gasteiger partial charge on any atom is -0.325 e. The minimum atomic E-state index is -4.02. The fourth-order valence-electron chi connectivity index (χ4n) is 3.00. The van der Waals surface area contributed by atoms with E-state index in [2.05, 4.69) is 11.4 Å². The first-order valence-corrected chi connectivity index (χ1v) is 11.2. The van der Waals surface area contributed by atoms with Gasteiger partial charge in [-0.3, -0.25) is 9.10 Å². The molecule has 1 N–H and O–H groups in total. The van der Waals surface area contributed by atoms with Gasteiger partial charge < -0.3 is 5.32 Å². The van der Waals surface area contributed by atoms with E-state index in [0.29, 0.717) is 22.0 Å². The van der Waals surface area contributed by atoms with Crippen molar-refractivity contribution in [3.63, 3.8) is 0 Å². The summed E-state index contributed by atoms with van der Waals surface area (Å²) in [5, 5.41) is 11.9. The Bertz CT molecular complexity index is 1220. The number of hydrogen-bond donors (Lipinski definition) is 1. The first-order chi connectivity index (χ1) is 14.8. The van der Waals surface area contributed by atoms with Gasteiger partial charge in [-0.1, -0.05) is 41.9 Å². The Kier molecular flexibility index (Phi) is 6.95. The van der Waals surface area contributed by atoms with Crippen LogP contribution in [0.25, 0.3) is 0 Å². The van der Waals surface area contributed by atoms with Crippen LogP contribution in [-0.2, 0) is 21.2 Å². The van der Waals surface area contributed by atoms with Crippen LogP contribution in [-0.4, -0.2) is 20.9 Å². The fourth-order valence-corrected chi connectivity index (χ4v) is 4.62. The van der Waals surface area contributed by atoms with Crippen LogP contribution in [0.3, 0.4) is 0 Å². The summed E-state index contributed by atoms with van der Waals surface area (Å²) in [6.07, 6.45) is 0.272. The van der Waals surface area contributed by atoms with Crippen molar-refractivity contribution in [3.05, 3.63) is 88.9 Å². The van der Waals surface area contributed by atoms with Crippen LogP contribution in [0.1, 0.15) is 11.1 Å². The second kappa shape index (κ2) is 9.65. The molecule has 8 heteroatoms. The molecule has 0 bridgehead atoms. The molecule has 0 aromatic heterocycles. The monoisotopic (exact) mass is 453 g/mol. The predicted molar refractivity (Wildman–Crippen MR) is 122 cm³/mol.